The third-order valence-corrected chi connectivity index (χ3v) is 7.02. The monoisotopic (exact) mass is 477 g/mol. The fourth-order valence-corrected chi connectivity index (χ4v) is 5.10. The molecule has 0 unspecified atom stereocenters. The van der Waals surface area contributed by atoms with E-state index in [1.54, 1.807) is 11.2 Å². The number of aromatic nitrogens is 5. The second-order valence-corrected chi connectivity index (χ2v) is 9.31. The molecule has 2 aliphatic heterocycles. The third kappa shape index (κ3) is 5.13. The van der Waals surface area contributed by atoms with Crippen LogP contribution in [0.4, 0.5) is 4.79 Å². The maximum absolute atomic E-state index is 12.8. The van der Waals surface area contributed by atoms with E-state index in [1.807, 2.05) is 34.2 Å². The zero-order valence-corrected chi connectivity index (χ0v) is 19.8. The molecule has 11 heteroatoms. The quantitative estimate of drug-likeness (QED) is 0.495. The Morgan fingerprint density at radius 2 is 2.09 bits per heavy atom. The number of amides is 2. The van der Waals surface area contributed by atoms with Crippen LogP contribution in [-0.4, -0.2) is 102 Å². The molecular weight excluding hydrogens is 446 g/mol. The average molecular weight is 478 g/mol. The molecule has 2 N–H and O–H groups in total. The summed E-state index contributed by atoms with van der Waals surface area (Å²) in [5.74, 6) is 0. The number of β-amino-alcohol motifs (C(OH)–C–C–N with tert-alkyl or cyclic N) is 1. The highest BCUT2D eigenvalue weighted by Crippen LogP contribution is 2.25. The molecule has 35 heavy (non-hydrogen) atoms. The first-order valence-electron chi connectivity index (χ1n) is 12.3. The molecule has 5 rings (SSSR count). The maximum atomic E-state index is 12.8. The van der Waals surface area contributed by atoms with Gasteiger partial charge in [-0.05, 0) is 25.3 Å². The van der Waals surface area contributed by atoms with E-state index < -0.39 is 6.10 Å². The molecule has 3 aromatic rings. The van der Waals surface area contributed by atoms with E-state index in [2.05, 4.69) is 31.0 Å². The van der Waals surface area contributed by atoms with Gasteiger partial charge in [-0.1, -0.05) is 0 Å². The first kappa shape index (κ1) is 23.3. The highest BCUT2D eigenvalue weighted by Gasteiger charge is 2.31. The molecule has 2 atom stereocenters. The summed E-state index contributed by atoms with van der Waals surface area (Å²) in [7, 11) is 0. The van der Waals surface area contributed by atoms with Gasteiger partial charge in [0.05, 0.1) is 30.6 Å². The molecule has 3 aromatic heterocycles. The van der Waals surface area contributed by atoms with Gasteiger partial charge in [-0.25, -0.2) is 14.8 Å². The van der Waals surface area contributed by atoms with Crippen molar-refractivity contribution in [1.29, 1.82) is 5.26 Å². The fourth-order valence-electron chi connectivity index (χ4n) is 5.10. The number of likely N-dealkylation sites (tertiary alicyclic amines) is 1. The van der Waals surface area contributed by atoms with Crippen molar-refractivity contribution in [3.8, 4) is 17.3 Å². The number of hydrogen-bond acceptors (Lipinski definition) is 7. The number of urea groups is 1. The molecule has 0 saturated carbocycles. The number of nitriles is 1. The van der Waals surface area contributed by atoms with Crippen LogP contribution < -0.4 is 0 Å². The summed E-state index contributed by atoms with van der Waals surface area (Å²) in [5.41, 5.74) is 2.59. The predicted molar refractivity (Wildman–Crippen MR) is 129 cm³/mol. The second kappa shape index (κ2) is 10.4. The van der Waals surface area contributed by atoms with Crippen molar-refractivity contribution in [2.75, 3.05) is 39.3 Å². The Hall–Kier alpha value is -3.49. The van der Waals surface area contributed by atoms with Gasteiger partial charge in [0.2, 0.25) is 0 Å². The van der Waals surface area contributed by atoms with Crippen LogP contribution >= 0.6 is 0 Å². The fraction of sp³-hybridized carbons (Fsp3) is 0.542. The molecule has 0 bridgehead atoms. The maximum Gasteiger partial charge on any atom is 0.320 e. The molecule has 5 heterocycles. The van der Waals surface area contributed by atoms with Crippen molar-refractivity contribution in [2.24, 2.45) is 0 Å². The van der Waals surface area contributed by atoms with Crippen LogP contribution in [0.3, 0.4) is 0 Å². The number of carbonyl (C=O) groups excluding carboxylic acids is 1. The standard InChI is InChI=1S/C24H31N9O2/c25-6-2-1-3-19(30-9-11-31(12-10-30)24(35)32-8-5-20(34)16-32)15-33-14-18(13-29-33)22-21-4-7-26-23(21)28-17-27-22/h4,7,13-14,17,19-20,34H,1-3,5,8-12,15-16H2,(H,26,27,28)/t19-,20-/m0/s1. The normalized spacial score (nSPS) is 19.8. The van der Waals surface area contributed by atoms with E-state index in [0.29, 0.717) is 45.6 Å². The third-order valence-electron chi connectivity index (χ3n) is 7.02. The Morgan fingerprint density at radius 1 is 1.23 bits per heavy atom. The summed E-state index contributed by atoms with van der Waals surface area (Å²) in [6.45, 7) is 4.65. The molecule has 2 saturated heterocycles. The molecular formula is C24H31N9O2. The van der Waals surface area contributed by atoms with Gasteiger partial charge in [0.1, 0.15) is 12.0 Å². The van der Waals surface area contributed by atoms with Crippen molar-refractivity contribution in [3.63, 3.8) is 0 Å². The summed E-state index contributed by atoms with van der Waals surface area (Å²) < 4.78 is 1.95. The minimum absolute atomic E-state index is 0.0277. The Balaban J connectivity index is 1.24. The largest absolute Gasteiger partial charge is 0.391 e. The molecule has 0 aliphatic carbocycles. The first-order chi connectivity index (χ1) is 17.1. The lowest BCUT2D eigenvalue weighted by molar-refractivity contribution is 0.0808. The number of piperazine rings is 1. The molecule has 2 amide bonds. The van der Waals surface area contributed by atoms with Crippen LogP contribution in [0.5, 0.6) is 0 Å². The van der Waals surface area contributed by atoms with E-state index in [1.165, 1.54) is 0 Å². The molecule has 11 nitrogen and oxygen atoms in total. The summed E-state index contributed by atoms with van der Waals surface area (Å²) in [4.78, 5) is 30.7. The van der Waals surface area contributed by atoms with Crippen LogP contribution in [0, 0.1) is 11.3 Å². The lowest BCUT2D eigenvalue weighted by Gasteiger charge is -2.40. The average Bonchev–Trinajstić information content (AvgIpc) is 3.64. The lowest BCUT2D eigenvalue weighted by Crippen LogP contribution is -2.55. The Bertz CT molecular complexity index is 1190. The Kier molecular flexibility index (Phi) is 6.92. The number of fused-ring (bicyclic) bond motifs is 1. The molecule has 0 aromatic carbocycles. The SMILES string of the molecule is N#CCCC[C@@H](Cn1cc(-c2ncnc3[nH]ccc23)cn1)N1CCN(C(=O)N2CC[C@H](O)C2)CC1. The first-order valence-corrected chi connectivity index (χ1v) is 12.3. The van der Waals surface area contributed by atoms with Crippen molar-refractivity contribution in [3.05, 3.63) is 31.0 Å². The van der Waals surface area contributed by atoms with Gasteiger partial charge in [-0.2, -0.15) is 10.4 Å². The number of aromatic amines is 1. The van der Waals surface area contributed by atoms with Gasteiger partial charge in [0.25, 0.3) is 0 Å². The number of H-pyrrole nitrogens is 1. The minimum atomic E-state index is -0.403. The smallest absolute Gasteiger partial charge is 0.320 e. The summed E-state index contributed by atoms with van der Waals surface area (Å²) in [5, 5.41) is 24.4. The van der Waals surface area contributed by atoms with Crippen LogP contribution in [-0.2, 0) is 6.54 Å². The second-order valence-electron chi connectivity index (χ2n) is 9.31. The van der Waals surface area contributed by atoms with E-state index in [9.17, 15) is 9.90 Å². The van der Waals surface area contributed by atoms with Crippen molar-refractivity contribution < 1.29 is 9.90 Å². The minimum Gasteiger partial charge on any atom is -0.391 e. The number of aliphatic hydroxyl groups excluding tert-OH is 1. The zero-order valence-electron chi connectivity index (χ0n) is 19.8. The number of carbonyl (C=O) groups is 1. The van der Waals surface area contributed by atoms with E-state index in [-0.39, 0.29) is 12.1 Å². The van der Waals surface area contributed by atoms with Crippen LogP contribution in [0.2, 0.25) is 0 Å². The number of aliphatic hydroxyl groups is 1. The van der Waals surface area contributed by atoms with Crippen LogP contribution in [0.1, 0.15) is 25.7 Å². The van der Waals surface area contributed by atoms with Gasteiger partial charge >= 0.3 is 6.03 Å². The van der Waals surface area contributed by atoms with Crippen molar-refractivity contribution in [2.45, 2.75) is 44.4 Å². The lowest BCUT2D eigenvalue weighted by atomic mass is 10.1. The van der Waals surface area contributed by atoms with Gasteiger partial charge in [-0.15, -0.1) is 0 Å². The highest BCUT2D eigenvalue weighted by atomic mass is 16.3. The number of rotatable bonds is 7. The predicted octanol–water partition coefficient (Wildman–Crippen LogP) is 1.69. The van der Waals surface area contributed by atoms with Crippen LogP contribution in [0.25, 0.3) is 22.3 Å². The Morgan fingerprint density at radius 3 is 2.86 bits per heavy atom. The molecule has 0 spiro atoms. The molecule has 184 valence electrons. The van der Waals surface area contributed by atoms with E-state index >= 15 is 0 Å². The summed E-state index contributed by atoms with van der Waals surface area (Å²) in [6.07, 6.45) is 9.77. The number of unbranched alkanes of at least 4 members (excludes halogenated alkanes) is 1. The van der Waals surface area contributed by atoms with Gasteiger partial charge in [0.15, 0.2) is 0 Å². The van der Waals surface area contributed by atoms with Crippen molar-refractivity contribution in [1.82, 2.24) is 39.4 Å². The molecule has 2 aliphatic rings. The van der Waals surface area contributed by atoms with Gasteiger partial charge in [-0.3, -0.25) is 9.58 Å². The Labute approximate surface area is 204 Å². The number of nitrogens with zero attached hydrogens (tertiary/aromatic N) is 8. The van der Waals surface area contributed by atoms with Crippen LogP contribution in [0.15, 0.2) is 31.0 Å². The summed E-state index contributed by atoms with van der Waals surface area (Å²) >= 11 is 0. The number of nitrogens with one attached hydrogen (secondary N) is 1. The highest BCUT2D eigenvalue weighted by molar-refractivity contribution is 5.89. The van der Waals surface area contributed by atoms with E-state index in [0.717, 1.165) is 48.2 Å². The van der Waals surface area contributed by atoms with Gasteiger partial charge < -0.3 is 19.9 Å². The topological polar surface area (TPSA) is 130 Å². The summed E-state index contributed by atoms with van der Waals surface area (Å²) in [6, 6.07) is 4.47. The van der Waals surface area contributed by atoms with Crippen molar-refractivity contribution >= 4 is 17.1 Å². The van der Waals surface area contributed by atoms with Gasteiger partial charge in [0, 0.05) is 75.1 Å². The van der Waals surface area contributed by atoms with E-state index in [4.69, 9.17) is 5.26 Å². The molecule has 2 fully saturated rings. The number of hydrogen-bond donors (Lipinski definition) is 2. The zero-order chi connectivity index (χ0) is 24.2. The molecule has 0 radical (unpaired) electrons.